The van der Waals surface area contributed by atoms with Gasteiger partial charge in [0, 0.05) is 37.9 Å². The number of nitrogens with zero attached hydrogens (tertiary/aromatic N) is 5. The Hall–Kier alpha value is -3.63. The van der Waals surface area contributed by atoms with E-state index in [2.05, 4.69) is 35.6 Å². The van der Waals surface area contributed by atoms with Crippen molar-refractivity contribution in [3.63, 3.8) is 0 Å². The van der Waals surface area contributed by atoms with Crippen LogP contribution >= 0.6 is 0 Å². The molecule has 0 saturated carbocycles. The van der Waals surface area contributed by atoms with Gasteiger partial charge >= 0.3 is 5.92 Å². The number of halogens is 3. The van der Waals surface area contributed by atoms with Crippen LogP contribution < -0.4 is 10.6 Å². The highest BCUT2D eigenvalue weighted by Gasteiger charge is 2.29. The maximum Gasteiger partial charge on any atom is 0.303 e. The van der Waals surface area contributed by atoms with Gasteiger partial charge in [-0.3, -0.25) is 4.79 Å². The number of alkyl halides is 2. The molecule has 0 aliphatic heterocycles. The fourth-order valence-electron chi connectivity index (χ4n) is 2.60. The Morgan fingerprint density at radius 3 is 2.29 bits per heavy atom. The molecule has 0 radical (unpaired) electrons. The van der Waals surface area contributed by atoms with Gasteiger partial charge in [0.05, 0.1) is 23.6 Å². The van der Waals surface area contributed by atoms with E-state index < -0.39 is 17.6 Å². The largest absolute Gasteiger partial charge is 0.339 e. The lowest BCUT2D eigenvalue weighted by atomic mass is 10.1. The highest BCUT2D eigenvalue weighted by Crippen LogP contribution is 2.32. The number of anilines is 3. The van der Waals surface area contributed by atoms with Gasteiger partial charge in [0.2, 0.25) is 11.7 Å². The molecule has 0 bridgehead atoms. The van der Waals surface area contributed by atoms with E-state index in [4.69, 9.17) is 0 Å². The van der Waals surface area contributed by atoms with Crippen molar-refractivity contribution in [2.75, 3.05) is 10.6 Å². The summed E-state index contributed by atoms with van der Waals surface area (Å²) in [6.07, 6.45) is 3.36. The van der Waals surface area contributed by atoms with E-state index >= 15 is 0 Å². The van der Waals surface area contributed by atoms with Crippen LogP contribution in [0, 0.1) is 5.82 Å². The van der Waals surface area contributed by atoms with Gasteiger partial charge in [0.15, 0.2) is 11.6 Å². The highest BCUT2D eigenvalue weighted by atomic mass is 19.3. The lowest BCUT2D eigenvalue weighted by molar-refractivity contribution is -0.114. The minimum atomic E-state index is -3.25. The zero-order valence-electron chi connectivity index (χ0n) is 17.2. The number of rotatable bonds is 6. The number of nitrogens with one attached hydrogen (secondary N) is 2. The van der Waals surface area contributed by atoms with E-state index in [1.54, 1.807) is 6.07 Å². The molecule has 0 unspecified atom stereocenters. The first-order valence-electron chi connectivity index (χ1n) is 9.33. The van der Waals surface area contributed by atoms with Gasteiger partial charge in [0.25, 0.3) is 0 Å². The zero-order chi connectivity index (χ0) is 22.8. The van der Waals surface area contributed by atoms with E-state index in [0.717, 1.165) is 19.3 Å². The molecule has 0 saturated heterocycles. The van der Waals surface area contributed by atoms with Crippen LogP contribution in [0.2, 0.25) is 0 Å². The maximum atomic E-state index is 13.9. The SMILES string of the molecule is CC(=O)Nc1cc(Nc2cc(C(C)C)nc(C(C)(F)F)n2)c(-c2ncc(F)cn2)cn1. The molecule has 3 heterocycles. The Morgan fingerprint density at radius 2 is 1.71 bits per heavy atom. The third kappa shape index (κ3) is 5.50. The summed E-state index contributed by atoms with van der Waals surface area (Å²) in [4.78, 5) is 31.3. The Kier molecular flexibility index (Phi) is 6.14. The molecule has 3 aromatic heterocycles. The van der Waals surface area contributed by atoms with Gasteiger partial charge in [-0.05, 0) is 5.92 Å². The quantitative estimate of drug-likeness (QED) is 0.596. The average Bonchev–Trinajstić information content (AvgIpc) is 2.68. The highest BCUT2D eigenvalue weighted by molar-refractivity contribution is 5.89. The Labute approximate surface area is 176 Å². The van der Waals surface area contributed by atoms with Crippen molar-refractivity contribution in [3.8, 4) is 11.4 Å². The average molecular weight is 431 g/mol. The molecule has 8 nitrogen and oxygen atoms in total. The van der Waals surface area contributed by atoms with Crippen molar-refractivity contribution in [2.24, 2.45) is 0 Å². The van der Waals surface area contributed by atoms with Crippen LogP contribution in [0.4, 0.5) is 30.5 Å². The lowest BCUT2D eigenvalue weighted by Crippen LogP contribution is -2.16. The van der Waals surface area contributed by atoms with Crippen LogP contribution in [0.15, 0.2) is 30.7 Å². The number of carbonyl (C=O) groups excluding carboxylic acids is 1. The molecule has 0 aliphatic rings. The molecule has 0 aromatic carbocycles. The molecule has 0 fully saturated rings. The first kappa shape index (κ1) is 22.1. The lowest BCUT2D eigenvalue weighted by Gasteiger charge is -2.16. The predicted molar refractivity (Wildman–Crippen MR) is 108 cm³/mol. The molecule has 0 spiro atoms. The van der Waals surface area contributed by atoms with Crippen LogP contribution in [-0.4, -0.2) is 30.8 Å². The predicted octanol–water partition coefficient (Wildman–Crippen LogP) is 4.40. The van der Waals surface area contributed by atoms with E-state index in [0.29, 0.717) is 16.9 Å². The molecule has 3 aromatic rings. The van der Waals surface area contributed by atoms with E-state index in [9.17, 15) is 18.0 Å². The summed E-state index contributed by atoms with van der Waals surface area (Å²) in [6.45, 7) is 5.68. The van der Waals surface area contributed by atoms with E-state index in [1.165, 1.54) is 19.2 Å². The Morgan fingerprint density at radius 1 is 1.03 bits per heavy atom. The Bertz CT molecular complexity index is 1100. The molecule has 0 atom stereocenters. The van der Waals surface area contributed by atoms with Gasteiger partial charge < -0.3 is 10.6 Å². The molecule has 2 N–H and O–H groups in total. The van der Waals surface area contributed by atoms with Crippen LogP contribution in [0.5, 0.6) is 0 Å². The van der Waals surface area contributed by atoms with Crippen molar-refractivity contribution in [1.82, 2.24) is 24.9 Å². The van der Waals surface area contributed by atoms with Crippen molar-refractivity contribution >= 4 is 23.2 Å². The minimum Gasteiger partial charge on any atom is -0.339 e. The van der Waals surface area contributed by atoms with Crippen LogP contribution in [-0.2, 0) is 10.7 Å². The smallest absolute Gasteiger partial charge is 0.303 e. The number of pyridine rings is 1. The number of carbonyl (C=O) groups is 1. The summed E-state index contributed by atoms with van der Waals surface area (Å²) in [5.41, 5.74) is 1.09. The summed E-state index contributed by atoms with van der Waals surface area (Å²) < 4.78 is 41.1. The normalized spacial score (nSPS) is 11.5. The monoisotopic (exact) mass is 431 g/mol. The summed E-state index contributed by atoms with van der Waals surface area (Å²) in [5, 5.41) is 5.50. The third-order valence-corrected chi connectivity index (χ3v) is 4.06. The van der Waals surface area contributed by atoms with Crippen molar-refractivity contribution in [2.45, 2.75) is 39.5 Å². The third-order valence-electron chi connectivity index (χ3n) is 4.06. The summed E-state index contributed by atoms with van der Waals surface area (Å²) in [6, 6.07) is 3.03. The number of hydrogen-bond donors (Lipinski definition) is 2. The van der Waals surface area contributed by atoms with Gasteiger partial charge in [-0.15, -0.1) is 0 Å². The number of aromatic nitrogens is 5. The van der Waals surface area contributed by atoms with Crippen molar-refractivity contribution in [3.05, 3.63) is 48.1 Å². The molecule has 3 rings (SSSR count). The Balaban J connectivity index is 2.11. The fraction of sp³-hybridized carbons (Fsp3) is 0.300. The maximum absolute atomic E-state index is 13.9. The number of hydrogen-bond acceptors (Lipinski definition) is 7. The summed E-state index contributed by atoms with van der Waals surface area (Å²) in [7, 11) is 0. The second-order valence-corrected chi connectivity index (χ2v) is 7.19. The van der Waals surface area contributed by atoms with E-state index in [1.807, 2.05) is 13.8 Å². The van der Waals surface area contributed by atoms with Crippen LogP contribution in [0.3, 0.4) is 0 Å². The van der Waals surface area contributed by atoms with Gasteiger partial charge in [-0.1, -0.05) is 13.8 Å². The van der Waals surface area contributed by atoms with Gasteiger partial charge in [-0.25, -0.2) is 29.3 Å². The van der Waals surface area contributed by atoms with Crippen molar-refractivity contribution < 1.29 is 18.0 Å². The first-order chi connectivity index (χ1) is 14.5. The summed E-state index contributed by atoms with van der Waals surface area (Å²) >= 11 is 0. The standard InChI is InChI=1S/C20H20F3N7O/c1-10(2)14-5-17(30-19(29-14)20(4,22)23)28-15-6-16(27-11(3)31)24-9-13(15)18-25-7-12(21)8-26-18/h5-10H,1-4H3,(H2,24,27,28,29,30,31). The fourth-order valence-corrected chi connectivity index (χ4v) is 2.60. The number of amides is 1. The molecule has 162 valence electrons. The molecular weight excluding hydrogens is 411 g/mol. The topological polar surface area (TPSA) is 106 Å². The molecule has 0 aliphatic carbocycles. The molecule has 11 heteroatoms. The summed E-state index contributed by atoms with van der Waals surface area (Å²) in [5.74, 6) is -4.50. The zero-order valence-corrected chi connectivity index (χ0v) is 17.2. The minimum absolute atomic E-state index is 0.110. The van der Waals surface area contributed by atoms with Crippen LogP contribution in [0.25, 0.3) is 11.4 Å². The van der Waals surface area contributed by atoms with Crippen molar-refractivity contribution in [1.29, 1.82) is 0 Å². The molecule has 31 heavy (non-hydrogen) atoms. The second kappa shape index (κ2) is 8.62. The second-order valence-electron chi connectivity index (χ2n) is 7.19. The van der Waals surface area contributed by atoms with Gasteiger partial charge in [0.1, 0.15) is 11.6 Å². The molecule has 1 amide bonds. The van der Waals surface area contributed by atoms with Crippen LogP contribution in [0.1, 0.15) is 45.1 Å². The van der Waals surface area contributed by atoms with E-state index in [-0.39, 0.29) is 29.3 Å². The molecular formula is C20H20F3N7O. The van der Waals surface area contributed by atoms with Gasteiger partial charge in [-0.2, -0.15) is 8.78 Å². The first-order valence-corrected chi connectivity index (χ1v) is 9.33.